The van der Waals surface area contributed by atoms with Gasteiger partial charge in [-0.25, -0.2) is 4.79 Å². The Hall–Kier alpha value is -2.22. The maximum absolute atomic E-state index is 11.8. The first-order valence-corrected chi connectivity index (χ1v) is 8.63. The first-order valence-electron chi connectivity index (χ1n) is 7.69. The molecule has 3 rings (SSSR count). The van der Waals surface area contributed by atoms with Gasteiger partial charge >= 0.3 is 5.97 Å². The van der Waals surface area contributed by atoms with Crippen LogP contribution < -0.4 is 5.73 Å². The smallest absolute Gasteiger partial charge is 0.366 e. The van der Waals surface area contributed by atoms with Gasteiger partial charge < -0.3 is 15.3 Å². The maximum atomic E-state index is 11.8. The number of amidine groups is 1. The van der Waals surface area contributed by atoms with Gasteiger partial charge in [0.25, 0.3) is 0 Å². The van der Waals surface area contributed by atoms with Crippen LogP contribution >= 0.6 is 11.3 Å². The molecule has 0 aliphatic carbocycles. The quantitative estimate of drug-likeness (QED) is 0.388. The highest BCUT2D eigenvalue weighted by molar-refractivity contribution is 7.08. The summed E-state index contributed by atoms with van der Waals surface area (Å²) in [5.74, 6) is -0.328. The third kappa shape index (κ3) is 4.41. The van der Waals surface area contributed by atoms with Gasteiger partial charge in [0, 0.05) is 30.6 Å². The van der Waals surface area contributed by atoms with E-state index >= 15 is 0 Å². The molecule has 0 bridgehead atoms. The largest absolute Gasteiger partial charge is 0.380 e. The van der Waals surface area contributed by atoms with Gasteiger partial charge in [-0.2, -0.15) is 11.3 Å². The molecule has 2 heterocycles. The summed E-state index contributed by atoms with van der Waals surface area (Å²) < 4.78 is 5.36. The molecule has 2 N–H and O–H groups in total. The lowest BCUT2D eigenvalue weighted by atomic mass is 10.1. The fourth-order valence-electron chi connectivity index (χ4n) is 2.42. The summed E-state index contributed by atoms with van der Waals surface area (Å²) in [4.78, 5) is 19.0. The van der Waals surface area contributed by atoms with Gasteiger partial charge in [-0.3, -0.25) is 4.90 Å². The summed E-state index contributed by atoms with van der Waals surface area (Å²) in [7, 11) is 0. The van der Waals surface area contributed by atoms with E-state index in [4.69, 9.17) is 15.3 Å². The predicted octanol–water partition coefficient (Wildman–Crippen LogP) is 2.06. The monoisotopic (exact) mass is 345 g/mol. The van der Waals surface area contributed by atoms with E-state index in [0.29, 0.717) is 5.56 Å². The average molecular weight is 345 g/mol. The number of benzene rings is 1. The molecule has 0 radical (unpaired) electrons. The summed E-state index contributed by atoms with van der Waals surface area (Å²) in [6.07, 6.45) is 0. The van der Waals surface area contributed by atoms with E-state index in [2.05, 4.69) is 10.1 Å². The molecule has 24 heavy (non-hydrogen) atoms. The van der Waals surface area contributed by atoms with Crippen molar-refractivity contribution in [2.24, 2.45) is 10.9 Å². The van der Waals surface area contributed by atoms with Crippen molar-refractivity contribution < 1.29 is 14.4 Å². The van der Waals surface area contributed by atoms with Crippen LogP contribution in [-0.4, -0.2) is 43.0 Å². The lowest BCUT2D eigenvalue weighted by Crippen LogP contribution is -2.35. The SMILES string of the molecule is NC(=NOC(=O)c1ccsc1)c1cccc(CN2CCOCC2)c1. The molecule has 2 aromatic rings. The summed E-state index contributed by atoms with van der Waals surface area (Å²) in [5, 5.41) is 7.26. The third-order valence-electron chi connectivity index (χ3n) is 3.72. The highest BCUT2D eigenvalue weighted by Gasteiger charge is 2.12. The molecule has 7 heteroatoms. The second-order valence-corrected chi connectivity index (χ2v) is 6.24. The van der Waals surface area contributed by atoms with E-state index in [9.17, 15) is 4.79 Å². The van der Waals surface area contributed by atoms with Crippen molar-refractivity contribution >= 4 is 23.1 Å². The van der Waals surface area contributed by atoms with Gasteiger partial charge in [-0.15, -0.1) is 0 Å². The zero-order valence-corrected chi connectivity index (χ0v) is 14.0. The first-order chi connectivity index (χ1) is 11.7. The number of oxime groups is 1. The molecule has 0 atom stereocenters. The van der Waals surface area contributed by atoms with Crippen LogP contribution in [0, 0.1) is 0 Å². The van der Waals surface area contributed by atoms with Crippen LogP contribution in [0.3, 0.4) is 0 Å². The van der Waals surface area contributed by atoms with Gasteiger partial charge in [-0.1, -0.05) is 23.4 Å². The van der Waals surface area contributed by atoms with Crippen molar-refractivity contribution in [3.05, 3.63) is 57.8 Å². The molecule has 1 aromatic carbocycles. The Kier molecular flexibility index (Phi) is 5.58. The summed E-state index contributed by atoms with van der Waals surface area (Å²) >= 11 is 1.42. The van der Waals surface area contributed by atoms with Gasteiger partial charge in [0.15, 0.2) is 5.84 Å². The number of carbonyl (C=O) groups is 1. The minimum atomic E-state index is -0.510. The van der Waals surface area contributed by atoms with E-state index < -0.39 is 5.97 Å². The van der Waals surface area contributed by atoms with Crippen molar-refractivity contribution in [2.75, 3.05) is 26.3 Å². The Labute approximate surface area is 144 Å². The molecule has 0 saturated carbocycles. The van der Waals surface area contributed by atoms with Crippen LogP contribution in [0.25, 0.3) is 0 Å². The van der Waals surface area contributed by atoms with Crippen molar-refractivity contribution in [2.45, 2.75) is 6.54 Å². The fourth-order valence-corrected chi connectivity index (χ4v) is 3.05. The average Bonchev–Trinajstić information content (AvgIpc) is 3.15. The molecular weight excluding hydrogens is 326 g/mol. The van der Waals surface area contributed by atoms with Gasteiger partial charge in [0.05, 0.1) is 18.8 Å². The second-order valence-electron chi connectivity index (χ2n) is 5.46. The molecule has 1 aliphatic rings. The van der Waals surface area contributed by atoms with E-state index in [1.807, 2.05) is 24.3 Å². The van der Waals surface area contributed by atoms with Crippen molar-refractivity contribution in [3.63, 3.8) is 0 Å². The number of thiophene rings is 1. The number of hydrogen-bond acceptors (Lipinski definition) is 6. The summed E-state index contributed by atoms with van der Waals surface area (Å²) in [5.41, 5.74) is 8.28. The van der Waals surface area contributed by atoms with Gasteiger partial charge in [-0.05, 0) is 23.1 Å². The predicted molar refractivity (Wildman–Crippen MR) is 93.0 cm³/mol. The second kappa shape index (κ2) is 8.05. The molecule has 1 fully saturated rings. The van der Waals surface area contributed by atoms with Gasteiger partial charge in [0.2, 0.25) is 0 Å². The van der Waals surface area contributed by atoms with Crippen LogP contribution in [0.2, 0.25) is 0 Å². The Bertz CT molecular complexity index is 710. The number of rotatable bonds is 5. The minimum Gasteiger partial charge on any atom is -0.380 e. The highest BCUT2D eigenvalue weighted by atomic mass is 32.1. The molecule has 0 spiro atoms. The van der Waals surface area contributed by atoms with Crippen LogP contribution in [0.4, 0.5) is 0 Å². The standard InChI is InChI=1S/C17H19N3O3S/c18-16(19-23-17(21)15-4-9-24-12-15)14-3-1-2-13(10-14)11-20-5-7-22-8-6-20/h1-4,9-10,12H,5-8,11H2,(H2,18,19). The van der Waals surface area contributed by atoms with E-state index in [1.165, 1.54) is 11.3 Å². The Morgan fingerprint density at radius 2 is 2.12 bits per heavy atom. The Balaban J connectivity index is 1.63. The number of hydrogen-bond donors (Lipinski definition) is 1. The topological polar surface area (TPSA) is 77.2 Å². The Morgan fingerprint density at radius 3 is 2.88 bits per heavy atom. The van der Waals surface area contributed by atoms with Crippen molar-refractivity contribution in [1.82, 2.24) is 4.90 Å². The van der Waals surface area contributed by atoms with E-state index in [0.717, 1.165) is 44.0 Å². The highest BCUT2D eigenvalue weighted by Crippen LogP contribution is 2.11. The van der Waals surface area contributed by atoms with Crippen LogP contribution in [-0.2, 0) is 16.1 Å². The fraction of sp³-hybridized carbons (Fsp3) is 0.294. The molecule has 1 saturated heterocycles. The normalized spacial score (nSPS) is 16.1. The van der Waals surface area contributed by atoms with Crippen LogP contribution in [0.1, 0.15) is 21.5 Å². The minimum absolute atomic E-state index is 0.183. The molecule has 1 aliphatic heterocycles. The van der Waals surface area contributed by atoms with Crippen molar-refractivity contribution in [3.8, 4) is 0 Å². The maximum Gasteiger partial charge on any atom is 0.366 e. The molecule has 0 unspecified atom stereocenters. The molecule has 6 nitrogen and oxygen atoms in total. The molecule has 126 valence electrons. The van der Waals surface area contributed by atoms with Crippen LogP contribution in [0.15, 0.2) is 46.2 Å². The van der Waals surface area contributed by atoms with Crippen LogP contribution in [0.5, 0.6) is 0 Å². The number of nitrogens with two attached hydrogens (primary N) is 1. The summed E-state index contributed by atoms with van der Waals surface area (Å²) in [6.45, 7) is 4.21. The number of carbonyl (C=O) groups excluding carboxylic acids is 1. The Morgan fingerprint density at radius 1 is 1.29 bits per heavy atom. The molecule has 0 amide bonds. The lowest BCUT2D eigenvalue weighted by molar-refractivity contribution is 0.0342. The molecule has 1 aromatic heterocycles. The number of ether oxygens (including phenoxy) is 1. The number of nitrogens with zero attached hydrogens (tertiary/aromatic N) is 2. The first kappa shape index (κ1) is 16.6. The summed E-state index contributed by atoms with van der Waals surface area (Å²) in [6, 6.07) is 9.46. The van der Waals surface area contributed by atoms with Gasteiger partial charge in [0.1, 0.15) is 0 Å². The van der Waals surface area contributed by atoms with E-state index in [-0.39, 0.29) is 5.84 Å². The molecular formula is C17H19N3O3S. The zero-order valence-electron chi connectivity index (χ0n) is 13.2. The van der Waals surface area contributed by atoms with Crippen molar-refractivity contribution in [1.29, 1.82) is 0 Å². The third-order valence-corrected chi connectivity index (χ3v) is 4.40. The zero-order chi connectivity index (χ0) is 16.8. The lowest BCUT2D eigenvalue weighted by Gasteiger charge is -2.26. The number of morpholine rings is 1. The van der Waals surface area contributed by atoms with E-state index in [1.54, 1.807) is 16.8 Å².